The molecule has 0 unspecified atom stereocenters. The third kappa shape index (κ3) is 3.12. The normalized spacial score (nSPS) is 33.4. The summed E-state index contributed by atoms with van der Waals surface area (Å²) in [5, 5.41) is 9.63. The van der Waals surface area contributed by atoms with Crippen molar-refractivity contribution in [3.63, 3.8) is 0 Å². The van der Waals surface area contributed by atoms with Gasteiger partial charge in [0.15, 0.2) is 0 Å². The number of aliphatic hydroxyl groups is 1. The molecule has 4 nitrogen and oxygen atoms in total. The van der Waals surface area contributed by atoms with E-state index in [-0.39, 0.29) is 12.2 Å². The molecule has 98 valence electrons. The van der Waals surface area contributed by atoms with Gasteiger partial charge < -0.3 is 14.7 Å². The summed E-state index contributed by atoms with van der Waals surface area (Å²) in [4.78, 5) is 13.7. The van der Waals surface area contributed by atoms with Crippen molar-refractivity contribution in [1.29, 1.82) is 0 Å². The van der Waals surface area contributed by atoms with Crippen molar-refractivity contribution in [3.05, 3.63) is 0 Å². The van der Waals surface area contributed by atoms with Crippen LogP contribution in [-0.2, 0) is 4.74 Å². The van der Waals surface area contributed by atoms with E-state index in [0.29, 0.717) is 11.8 Å². The quantitative estimate of drug-likeness (QED) is 0.706. The predicted octanol–water partition coefficient (Wildman–Crippen LogP) is 2.01. The first-order valence-electron chi connectivity index (χ1n) is 6.51. The number of likely N-dealkylation sites (tertiary alicyclic amines) is 1. The Bertz CT molecular complexity index is 298. The van der Waals surface area contributed by atoms with Gasteiger partial charge in [-0.1, -0.05) is 0 Å². The Balaban J connectivity index is 1.91. The molecule has 1 aliphatic heterocycles. The molecule has 0 aromatic heterocycles. The van der Waals surface area contributed by atoms with Gasteiger partial charge in [0.1, 0.15) is 5.60 Å². The van der Waals surface area contributed by atoms with Crippen molar-refractivity contribution in [1.82, 2.24) is 4.90 Å². The van der Waals surface area contributed by atoms with Crippen LogP contribution in [0.5, 0.6) is 0 Å². The summed E-state index contributed by atoms with van der Waals surface area (Å²) in [5.41, 5.74) is -0.426. The van der Waals surface area contributed by atoms with E-state index in [1.54, 1.807) is 4.90 Å². The Morgan fingerprint density at radius 1 is 1.24 bits per heavy atom. The van der Waals surface area contributed by atoms with Crippen LogP contribution >= 0.6 is 0 Å². The number of rotatable bonds is 0. The Kier molecular flexibility index (Phi) is 3.34. The molecule has 1 saturated heterocycles. The Morgan fingerprint density at radius 3 is 2.53 bits per heavy atom. The molecule has 1 heterocycles. The summed E-state index contributed by atoms with van der Waals surface area (Å²) < 4.78 is 5.38. The maximum absolute atomic E-state index is 11.9. The molecular weight excluding hydrogens is 218 g/mol. The topological polar surface area (TPSA) is 49.8 Å². The van der Waals surface area contributed by atoms with E-state index in [1.165, 1.54) is 0 Å². The third-order valence-corrected chi connectivity index (χ3v) is 3.67. The second-order valence-electron chi connectivity index (χ2n) is 6.37. The van der Waals surface area contributed by atoms with Crippen molar-refractivity contribution in [3.8, 4) is 0 Å². The van der Waals surface area contributed by atoms with E-state index in [2.05, 4.69) is 0 Å². The van der Waals surface area contributed by atoms with Gasteiger partial charge in [0.2, 0.25) is 0 Å². The molecule has 0 spiro atoms. The van der Waals surface area contributed by atoms with Crippen molar-refractivity contribution < 1.29 is 14.6 Å². The summed E-state index contributed by atoms with van der Waals surface area (Å²) in [6, 6.07) is 0. The largest absolute Gasteiger partial charge is 0.444 e. The highest BCUT2D eigenvalue weighted by Crippen LogP contribution is 2.36. The number of fused-ring (bicyclic) bond motifs is 1. The number of carbonyl (C=O) groups is 1. The highest BCUT2D eigenvalue weighted by atomic mass is 16.6. The average molecular weight is 241 g/mol. The minimum atomic E-state index is -0.426. The SMILES string of the molecule is CC(C)(C)OC(=O)N1C[C@H]2CC[C@@H](O)C[C@H]2C1. The van der Waals surface area contributed by atoms with Crippen LogP contribution in [0.3, 0.4) is 0 Å². The van der Waals surface area contributed by atoms with E-state index < -0.39 is 5.60 Å². The molecule has 0 aromatic carbocycles. The number of hydrogen-bond acceptors (Lipinski definition) is 3. The fourth-order valence-electron chi connectivity index (χ4n) is 2.88. The first-order chi connectivity index (χ1) is 7.85. The van der Waals surface area contributed by atoms with Gasteiger partial charge in [-0.05, 0) is 51.9 Å². The summed E-state index contributed by atoms with van der Waals surface area (Å²) >= 11 is 0. The fraction of sp³-hybridized carbons (Fsp3) is 0.923. The summed E-state index contributed by atoms with van der Waals surface area (Å²) in [5.74, 6) is 1.03. The molecule has 2 fully saturated rings. The first kappa shape index (κ1) is 12.7. The standard InChI is InChI=1S/C13H23NO3/c1-13(2,3)17-12(16)14-7-9-4-5-11(15)6-10(9)8-14/h9-11,15H,4-8H2,1-3H3/t9-,10+,11-/m1/s1. The Hall–Kier alpha value is -0.770. The Labute approximate surface area is 103 Å². The van der Waals surface area contributed by atoms with Gasteiger partial charge >= 0.3 is 6.09 Å². The van der Waals surface area contributed by atoms with Crippen LogP contribution in [0, 0.1) is 11.8 Å². The van der Waals surface area contributed by atoms with E-state index in [0.717, 1.165) is 32.4 Å². The second-order valence-corrected chi connectivity index (χ2v) is 6.37. The highest BCUT2D eigenvalue weighted by Gasteiger charge is 2.40. The van der Waals surface area contributed by atoms with Crippen LogP contribution in [0.1, 0.15) is 40.0 Å². The Morgan fingerprint density at radius 2 is 1.88 bits per heavy atom. The van der Waals surface area contributed by atoms with Crippen molar-refractivity contribution in [2.45, 2.75) is 51.7 Å². The first-order valence-corrected chi connectivity index (χ1v) is 6.51. The number of ether oxygens (including phenoxy) is 1. The lowest BCUT2D eigenvalue weighted by atomic mass is 9.80. The zero-order valence-corrected chi connectivity index (χ0v) is 11.0. The predicted molar refractivity (Wildman–Crippen MR) is 64.6 cm³/mol. The van der Waals surface area contributed by atoms with Crippen molar-refractivity contribution >= 4 is 6.09 Å². The van der Waals surface area contributed by atoms with Crippen LogP contribution in [0.2, 0.25) is 0 Å². The molecule has 2 aliphatic rings. The van der Waals surface area contributed by atoms with Crippen molar-refractivity contribution in [2.75, 3.05) is 13.1 Å². The second kappa shape index (κ2) is 4.48. The zero-order chi connectivity index (χ0) is 12.6. The minimum Gasteiger partial charge on any atom is -0.444 e. The summed E-state index contributed by atoms with van der Waals surface area (Å²) in [6.45, 7) is 7.20. The molecule has 0 aromatic rings. The van der Waals surface area contributed by atoms with Gasteiger partial charge in [-0.2, -0.15) is 0 Å². The molecule has 2 rings (SSSR count). The fourth-order valence-corrected chi connectivity index (χ4v) is 2.88. The van der Waals surface area contributed by atoms with Crippen LogP contribution < -0.4 is 0 Å². The summed E-state index contributed by atoms with van der Waals surface area (Å²) in [6.07, 6.45) is 2.37. The lowest BCUT2D eigenvalue weighted by Crippen LogP contribution is -2.35. The summed E-state index contributed by atoms with van der Waals surface area (Å²) in [7, 11) is 0. The average Bonchev–Trinajstić information content (AvgIpc) is 2.57. The number of carbonyl (C=O) groups excluding carboxylic acids is 1. The van der Waals surface area contributed by atoms with Gasteiger partial charge in [-0.25, -0.2) is 4.79 Å². The van der Waals surface area contributed by atoms with Gasteiger partial charge in [-0.3, -0.25) is 0 Å². The molecule has 3 atom stereocenters. The molecule has 1 aliphatic carbocycles. The third-order valence-electron chi connectivity index (χ3n) is 3.67. The lowest BCUT2D eigenvalue weighted by molar-refractivity contribution is 0.0282. The van der Waals surface area contributed by atoms with E-state index in [9.17, 15) is 9.90 Å². The van der Waals surface area contributed by atoms with Crippen molar-refractivity contribution in [2.24, 2.45) is 11.8 Å². The van der Waals surface area contributed by atoms with E-state index in [4.69, 9.17) is 4.74 Å². The zero-order valence-electron chi connectivity index (χ0n) is 11.0. The molecular formula is C13H23NO3. The van der Waals surface area contributed by atoms with Crippen LogP contribution in [0.4, 0.5) is 4.79 Å². The molecule has 1 amide bonds. The molecule has 1 saturated carbocycles. The molecule has 4 heteroatoms. The minimum absolute atomic E-state index is 0.171. The van der Waals surface area contributed by atoms with Gasteiger partial charge in [0, 0.05) is 13.1 Å². The lowest BCUT2D eigenvalue weighted by Gasteiger charge is -2.27. The molecule has 0 bridgehead atoms. The van der Waals surface area contributed by atoms with Gasteiger partial charge in [-0.15, -0.1) is 0 Å². The van der Waals surface area contributed by atoms with Crippen LogP contribution in [0.15, 0.2) is 0 Å². The monoisotopic (exact) mass is 241 g/mol. The number of aliphatic hydroxyl groups excluding tert-OH is 1. The van der Waals surface area contributed by atoms with Gasteiger partial charge in [0.25, 0.3) is 0 Å². The van der Waals surface area contributed by atoms with Crippen LogP contribution in [-0.4, -0.2) is 40.9 Å². The molecule has 0 radical (unpaired) electrons. The van der Waals surface area contributed by atoms with Gasteiger partial charge in [0.05, 0.1) is 6.10 Å². The van der Waals surface area contributed by atoms with E-state index in [1.807, 2.05) is 20.8 Å². The smallest absolute Gasteiger partial charge is 0.410 e. The van der Waals surface area contributed by atoms with Crippen LogP contribution in [0.25, 0.3) is 0 Å². The highest BCUT2D eigenvalue weighted by molar-refractivity contribution is 5.68. The molecule has 1 N–H and O–H groups in total. The maximum atomic E-state index is 11.9. The van der Waals surface area contributed by atoms with E-state index >= 15 is 0 Å². The maximum Gasteiger partial charge on any atom is 0.410 e. The number of hydrogen-bond donors (Lipinski definition) is 1. The molecule has 17 heavy (non-hydrogen) atoms. The number of nitrogens with zero attached hydrogens (tertiary/aromatic N) is 1. The number of amides is 1.